The molecule has 162 valence electrons. The van der Waals surface area contributed by atoms with E-state index < -0.39 is 11.9 Å². The van der Waals surface area contributed by atoms with E-state index in [1.807, 2.05) is 0 Å². The summed E-state index contributed by atoms with van der Waals surface area (Å²) in [5.41, 5.74) is -0.868. The second kappa shape index (κ2) is 7.79. The number of hydrogen-bond acceptors (Lipinski definition) is 6. The number of likely N-dealkylation sites (tertiary alicyclic amines) is 1. The summed E-state index contributed by atoms with van der Waals surface area (Å²) in [6, 6.07) is 1.60. The van der Waals surface area contributed by atoms with Crippen molar-refractivity contribution in [2.45, 2.75) is 76.3 Å². The van der Waals surface area contributed by atoms with Crippen molar-refractivity contribution in [2.24, 2.45) is 0 Å². The van der Waals surface area contributed by atoms with Crippen molar-refractivity contribution in [3.63, 3.8) is 0 Å². The van der Waals surface area contributed by atoms with Crippen molar-refractivity contribution in [2.75, 3.05) is 18.0 Å². The summed E-state index contributed by atoms with van der Waals surface area (Å²) >= 11 is 0. The van der Waals surface area contributed by atoms with Gasteiger partial charge in [-0.05, 0) is 38.5 Å². The molecular weight excluding hydrogens is 395 g/mol. The molecule has 1 aliphatic carbocycles. The van der Waals surface area contributed by atoms with Crippen molar-refractivity contribution in [1.82, 2.24) is 29.6 Å². The Morgan fingerprint density at radius 1 is 0.967 bits per heavy atom. The van der Waals surface area contributed by atoms with Crippen LogP contribution in [0.3, 0.4) is 0 Å². The molecule has 1 saturated carbocycles. The minimum absolute atomic E-state index is 0.206. The van der Waals surface area contributed by atoms with Crippen LogP contribution in [0.2, 0.25) is 0 Å². The summed E-state index contributed by atoms with van der Waals surface area (Å²) in [7, 11) is 0. The minimum atomic E-state index is -4.45. The predicted molar refractivity (Wildman–Crippen MR) is 104 cm³/mol. The van der Waals surface area contributed by atoms with Crippen molar-refractivity contribution >= 4 is 5.82 Å². The molecule has 3 aliphatic rings. The van der Waals surface area contributed by atoms with Gasteiger partial charge in [-0.3, -0.25) is 4.90 Å². The molecule has 0 radical (unpaired) electrons. The van der Waals surface area contributed by atoms with Gasteiger partial charge in [-0.15, -0.1) is 10.2 Å². The van der Waals surface area contributed by atoms with Crippen LogP contribution < -0.4 is 4.90 Å². The Balaban J connectivity index is 1.25. The summed E-state index contributed by atoms with van der Waals surface area (Å²) < 4.78 is 41.6. The van der Waals surface area contributed by atoms with Gasteiger partial charge in [0.15, 0.2) is 0 Å². The van der Waals surface area contributed by atoms with Gasteiger partial charge in [-0.1, -0.05) is 0 Å². The molecule has 2 fully saturated rings. The Kier molecular flexibility index (Phi) is 5.12. The number of aryl methyl sites for hydroxylation is 1. The molecule has 1 saturated heterocycles. The maximum atomic E-state index is 13.1. The molecule has 2 aliphatic heterocycles. The second-order valence-electron chi connectivity index (χ2n) is 8.55. The fraction of sp³-hybridized carbons (Fsp3) is 0.700. The van der Waals surface area contributed by atoms with Crippen LogP contribution in [-0.2, 0) is 25.7 Å². The monoisotopic (exact) mass is 421 g/mol. The summed E-state index contributed by atoms with van der Waals surface area (Å²) in [5.74, 6) is 2.54. The average Bonchev–Trinajstić information content (AvgIpc) is 3.50. The fourth-order valence-electron chi connectivity index (χ4n) is 4.71. The lowest BCUT2D eigenvalue weighted by atomic mass is 10.0. The van der Waals surface area contributed by atoms with Crippen LogP contribution in [0.4, 0.5) is 19.0 Å². The third-order valence-corrected chi connectivity index (χ3v) is 6.40. The highest BCUT2D eigenvalue weighted by molar-refractivity contribution is 5.44. The van der Waals surface area contributed by atoms with Crippen molar-refractivity contribution in [3.05, 3.63) is 29.7 Å². The van der Waals surface area contributed by atoms with E-state index >= 15 is 0 Å². The summed E-state index contributed by atoms with van der Waals surface area (Å²) in [6.45, 7) is 3.58. The van der Waals surface area contributed by atoms with Crippen molar-refractivity contribution in [1.29, 1.82) is 0 Å². The van der Waals surface area contributed by atoms with Gasteiger partial charge in [0, 0.05) is 44.2 Å². The highest BCUT2D eigenvalue weighted by atomic mass is 19.4. The zero-order valence-electron chi connectivity index (χ0n) is 16.9. The van der Waals surface area contributed by atoms with Crippen LogP contribution in [-0.4, -0.2) is 54.8 Å². The Bertz CT molecular complexity index is 885. The van der Waals surface area contributed by atoms with Crippen molar-refractivity contribution < 1.29 is 13.2 Å². The highest BCUT2D eigenvalue weighted by Crippen LogP contribution is 2.37. The molecule has 0 atom stereocenters. The lowest BCUT2D eigenvalue weighted by Gasteiger charge is -2.39. The normalized spacial score (nSPS) is 20.9. The standard InChI is InChI=1S/C20H26F3N7/c21-20(22,23)16-11-18(25-13-24-16)30(14-4-5-14)15-6-9-28(10-7-15)12-19-27-26-17-3-1-2-8-29(17)19/h11,13-15H,1-10,12H2. The third-order valence-electron chi connectivity index (χ3n) is 6.40. The number of halogens is 3. The van der Waals surface area contributed by atoms with E-state index in [-0.39, 0.29) is 6.04 Å². The lowest BCUT2D eigenvalue weighted by Crippen LogP contribution is -2.46. The average molecular weight is 421 g/mol. The first-order valence-electron chi connectivity index (χ1n) is 10.8. The van der Waals surface area contributed by atoms with E-state index in [0.717, 1.165) is 82.3 Å². The van der Waals surface area contributed by atoms with Crippen LogP contribution in [0.25, 0.3) is 0 Å². The first-order chi connectivity index (χ1) is 14.5. The SMILES string of the molecule is FC(F)(F)c1cc(N(C2CC2)C2CCN(Cc3nnc4n3CCCC4)CC2)ncn1. The first kappa shape index (κ1) is 19.7. The van der Waals surface area contributed by atoms with E-state index in [0.29, 0.717) is 11.9 Å². The van der Waals surface area contributed by atoms with Gasteiger partial charge < -0.3 is 9.47 Å². The van der Waals surface area contributed by atoms with Crippen LogP contribution in [0, 0.1) is 0 Å². The van der Waals surface area contributed by atoms with Gasteiger partial charge in [0.2, 0.25) is 0 Å². The van der Waals surface area contributed by atoms with Gasteiger partial charge in [0.05, 0.1) is 6.54 Å². The number of piperidine rings is 1. The van der Waals surface area contributed by atoms with Crippen LogP contribution in [0.1, 0.15) is 55.9 Å². The molecule has 4 heterocycles. The summed E-state index contributed by atoms with van der Waals surface area (Å²) in [6.07, 6.45) is 3.78. The van der Waals surface area contributed by atoms with Crippen LogP contribution in [0.15, 0.2) is 12.4 Å². The van der Waals surface area contributed by atoms with E-state index in [2.05, 4.69) is 34.5 Å². The molecule has 0 bridgehead atoms. The number of aromatic nitrogens is 5. The first-order valence-corrected chi connectivity index (χ1v) is 10.8. The molecule has 5 rings (SSSR count). The molecule has 30 heavy (non-hydrogen) atoms. The third kappa shape index (κ3) is 4.01. The second-order valence-corrected chi connectivity index (χ2v) is 8.55. The molecule has 0 N–H and O–H groups in total. The van der Waals surface area contributed by atoms with E-state index in [4.69, 9.17) is 0 Å². The highest BCUT2D eigenvalue weighted by Gasteiger charge is 2.39. The smallest absolute Gasteiger partial charge is 0.350 e. The van der Waals surface area contributed by atoms with Gasteiger partial charge in [-0.25, -0.2) is 9.97 Å². The van der Waals surface area contributed by atoms with Gasteiger partial charge in [-0.2, -0.15) is 13.2 Å². The fourth-order valence-corrected chi connectivity index (χ4v) is 4.71. The molecule has 7 nitrogen and oxygen atoms in total. The van der Waals surface area contributed by atoms with Gasteiger partial charge in [0.1, 0.15) is 29.5 Å². The number of hydrogen-bond donors (Lipinski definition) is 0. The zero-order valence-corrected chi connectivity index (χ0v) is 16.9. The molecule has 10 heteroatoms. The number of nitrogens with zero attached hydrogens (tertiary/aromatic N) is 7. The van der Waals surface area contributed by atoms with E-state index in [9.17, 15) is 13.2 Å². The molecule has 0 amide bonds. The minimum Gasteiger partial charge on any atom is -0.350 e. The largest absolute Gasteiger partial charge is 0.433 e. The van der Waals surface area contributed by atoms with Gasteiger partial charge in [0.25, 0.3) is 0 Å². The number of anilines is 1. The lowest BCUT2D eigenvalue weighted by molar-refractivity contribution is -0.141. The Morgan fingerprint density at radius 2 is 1.73 bits per heavy atom. The molecule has 0 spiro atoms. The maximum absolute atomic E-state index is 13.1. The quantitative estimate of drug-likeness (QED) is 0.740. The number of fused-ring (bicyclic) bond motifs is 1. The van der Waals surface area contributed by atoms with Crippen molar-refractivity contribution in [3.8, 4) is 0 Å². The maximum Gasteiger partial charge on any atom is 0.433 e. The topological polar surface area (TPSA) is 63.0 Å². The van der Waals surface area contributed by atoms with Gasteiger partial charge >= 0.3 is 6.18 Å². The Hall–Kier alpha value is -2.23. The van der Waals surface area contributed by atoms with E-state index in [1.54, 1.807) is 0 Å². The number of alkyl halides is 3. The molecule has 0 aromatic carbocycles. The predicted octanol–water partition coefficient (Wildman–Crippen LogP) is 3.06. The molecule has 0 unspecified atom stereocenters. The Labute approximate surface area is 173 Å². The molecule has 2 aromatic rings. The summed E-state index contributed by atoms with van der Waals surface area (Å²) in [5, 5.41) is 8.74. The number of rotatable bonds is 5. The van der Waals surface area contributed by atoms with Crippen LogP contribution >= 0.6 is 0 Å². The summed E-state index contributed by atoms with van der Waals surface area (Å²) in [4.78, 5) is 12.1. The zero-order chi connectivity index (χ0) is 20.7. The Morgan fingerprint density at radius 3 is 2.47 bits per heavy atom. The molecule has 2 aromatic heterocycles. The molecular formula is C20H26F3N7. The van der Waals surface area contributed by atoms with Crippen LogP contribution in [0.5, 0.6) is 0 Å². The van der Waals surface area contributed by atoms with E-state index in [1.165, 1.54) is 12.8 Å².